The van der Waals surface area contributed by atoms with Crippen LogP contribution in [0, 0.1) is 0 Å². The molecule has 1 aliphatic rings. The third kappa shape index (κ3) is 4.71. The molecule has 1 aliphatic heterocycles. The number of methoxy groups -OCH3 is 1. The van der Waals surface area contributed by atoms with Gasteiger partial charge in [-0.2, -0.15) is 0 Å². The van der Waals surface area contributed by atoms with Gasteiger partial charge < -0.3 is 20.3 Å². The molecule has 2 N–H and O–H groups in total. The van der Waals surface area contributed by atoms with Crippen molar-refractivity contribution < 1.29 is 4.74 Å². The molecule has 0 unspecified atom stereocenters. The van der Waals surface area contributed by atoms with Crippen molar-refractivity contribution in [1.82, 2.24) is 10.3 Å². The molecule has 7 heteroatoms. The Hall–Kier alpha value is -2.57. The van der Waals surface area contributed by atoms with Gasteiger partial charge in [-0.25, -0.2) is 0 Å². The standard InChI is InChI=1S/C22H23ClN4OS/c1-28-18-5-3-16(4-6-18)25-22(29)26-17-9-12-27(13-10-17)21-8-11-24-20-14-15(23)2-7-19(20)21/h2-8,11,14,17H,9-10,12-13H2,1H3,(H2,25,26,29). The molecule has 0 radical (unpaired) electrons. The molecule has 1 fully saturated rings. The predicted octanol–water partition coefficient (Wildman–Crippen LogP) is 4.85. The zero-order valence-corrected chi connectivity index (χ0v) is 17.8. The number of anilines is 2. The summed E-state index contributed by atoms with van der Waals surface area (Å²) in [6.45, 7) is 1.93. The summed E-state index contributed by atoms with van der Waals surface area (Å²) in [6.07, 6.45) is 3.88. The smallest absolute Gasteiger partial charge is 0.170 e. The number of rotatable bonds is 4. The van der Waals surface area contributed by atoms with Crippen molar-refractivity contribution in [3.05, 3.63) is 59.8 Å². The van der Waals surface area contributed by atoms with Gasteiger partial charge in [0.1, 0.15) is 5.75 Å². The van der Waals surface area contributed by atoms with Gasteiger partial charge in [-0.05, 0) is 73.6 Å². The number of fused-ring (bicyclic) bond motifs is 1. The SMILES string of the molecule is COc1ccc(NC(=S)NC2CCN(c3ccnc4cc(Cl)ccc34)CC2)cc1. The third-order valence-electron chi connectivity index (χ3n) is 5.20. The van der Waals surface area contributed by atoms with Crippen LogP contribution in [0.5, 0.6) is 5.75 Å². The van der Waals surface area contributed by atoms with Crippen molar-refractivity contribution in [2.75, 3.05) is 30.4 Å². The molecule has 1 saturated heterocycles. The maximum atomic E-state index is 6.11. The number of aromatic nitrogens is 1. The van der Waals surface area contributed by atoms with E-state index in [9.17, 15) is 0 Å². The normalized spacial score (nSPS) is 14.6. The number of halogens is 1. The summed E-state index contributed by atoms with van der Waals surface area (Å²) in [5.74, 6) is 0.827. The average molecular weight is 427 g/mol. The van der Waals surface area contributed by atoms with Crippen LogP contribution in [-0.2, 0) is 0 Å². The molecule has 2 heterocycles. The molecule has 150 valence electrons. The maximum absolute atomic E-state index is 6.11. The first-order chi connectivity index (χ1) is 14.1. The number of nitrogens with one attached hydrogen (secondary N) is 2. The third-order valence-corrected chi connectivity index (χ3v) is 5.66. The van der Waals surface area contributed by atoms with E-state index >= 15 is 0 Å². The molecule has 5 nitrogen and oxygen atoms in total. The Bertz CT molecular complexity index is 1000. The zero-order chi connectivity index (χ0) is 20.2. The number of hydrogen-bond acceptors (Lipinski definition) is 4. The quantitative estimate of drug-likeness (QED) is 0.581. The molecule has 0 amide bonds. The van der Waals surface area contributed by atoms with Crippen LogP contribution >= 0.6 is 23.8 Å². The van der Waals surface area contributed by atoms with Crippen LogP contribution in [0.25, 0.3) is 10.9 Å². The Kier molecular flexibility index (Phi) is 6.02. The van der Waals surface area contributed by atoms with Crippen LogP contribution in [0.2, 0.25) is 5.02 Å². The van der Waals surface area contributed by atoms with E-state index in [-0.39, 0.29) is 0 Å². The number of pyridine rings is 1. The van der Waals surface area contributed by atoms with Crippen molar-refractivity contribution >= 4 is 51.2 Å². The predicted molar refractivity (Wildman–Crippen MR) is 124 cm³/mol. The van der Waals surface area contributed by atoms with Crippen LogP contribution in [0.15, 0.2) is 54.7 Å². The molecule has 2 aromatic carbocycles. The lowest BCUT2D eigenvalue weighted by Gasteiger charge is -2.35. The van der Waals surface area contributed by atoms with Gasteiger partial charge in [0.25, 0.3) is 0 Å². The minimum atomic E-state index is 0.354. The second-order valence-corrected chi connectivity index (χ2v) is 7.92. The summed E-state index contributed by atoms with van der Waals surface area (Å²) in [5, 5.41) is 9.19. The first-order valence-electron chi connectivity index (χ1n) is 9.63. The van der Waals surface area contributed by atoms with Gasteiger partial charge in [0.2, 0.25) is 0 Å². The molecule has 29 heavy (non-hydrogen) atoms. The monoisotopic (exact) mass is 426 g/mol. The number of thiocarbonyl (C=S) groups is 1. The summed E-state index contributed by atoms with van der Waals surface area (Å²) in [6, 6.07) is 16.1. The molecule has 0 atom stereocenters. The van der Waals surface area contributed by atoms with Crippen LogP contribution in [0.4, 0.5) is 11.4 Å². The van der Waals surface area contributed by atoms with E-state index in [4.69, 9.17) is 28.6 Å². The molecule has 4 rings (SSSR count). The summed E-state index contributed by atoms with van der Waals surface area (Å²) >= 11 is 11.6. The van der Waals surface area contributed by atoms with Crippen molar-refractivity contribution in [3.63, 3.8) is 0 Å². The van der Waals surface area contributed by atoms with E-state index < -0.39 is 0 Å². The van der Waals surface area contributed by atoms with E-state index in [1.165, 1.54) is 5.69 Å². The Labute approximate surface area is 181 Å². The van der Waals surface area contributed by atoms with Gasteiger partial charge in [0.15, 0.2) is 5.11 Å². The fourth-order valence-corrected chi connectivity index (χ4v) is 4.12. The Morgan fingerprint density at radius 3 is 2.62 bits per heavy atom. The number of nitrogens with zero attached hydrogens (tertiary/aromatic N) is 2. The van der Waals surface area contributed by atoms with E-state index in [1.807, 2.05) is 42.6 Å². The fourth-order valence-electron chi connectivity index (χ4n) is 3.67. The number of piperidine rings is 1. The molecular weight excluding hydrogens is 404 g/mol. The lowest BCUT2D eigenvalue weighted by Crippen LogP contribution is -2.46. The molecular formula is C22H23ClN4OS. The highest BCUT2D eigenvalue weighted by Crippen LogP contribution is 2.29. The summed E-state index contributed by atoms with van der Waals surface area (Å²) in [4.78, 5) is 6.86. The van der Waals surface area contributed by atoms with Gasteiger partial charge >= 0.3 is 0 Å². The van der Waals surface area contributed by atoms with Crippen LogP contribution in [0.3, 0.4) is 0 Å². The first kappa shape index (κ1) is 19.7. The van der Waals surface area contributed by atoms with E-state index in [0.29, 0.717) is 16.2 Å². The second kappa shape index (κ2) is 8.84. The van der Waals surface area contributed by atoms with Crippen molar-refractivity contribution in [2.45, 2.75) is 18.9 Å². The van der Waals surface area contributed by atoms with Gasteiger partial charge in [-0.15, -0.1) is 0 Å². The minimum absolute atomic E-state index is 0.354. The Balaban J connectivity index is 1.34. The first-order valence-corrected chi connectivity index (χ1v) is 10.4. The van der Waals surface area contributed by atoms with Crippen molar-refractivity contribution in [2.24, 2.45) is 0 Å². The van der Waals surface area contributed by atoms with E-state index in [0.717, 1.165) is 48.3 Å². The highest BCUT2D eigenvalue weighted by Gasteiger charge is 2.21. The summed E-state index contributed by atoms with van der Waals surface area (Å²) in [5.41, 5.74) is 3.09. The van der Waals surface area contributed by atoms with E-state index in [2.05, 4.69) is 32.7 Å². The second-order valence-electron chi connectivity index (χ2n) is 7.08. The molecule has 0 saturated carbocycles. The number of hydrogen-bond donors (Lipinski definition) is 2. The largest absolute Gasteiger partial charge is 0.497 e. The van der Waals surface area contributed by atoms with Gasteiger partial charge in [0, 0.05) is 47.1 Å². The molecule has 0 aliphatic carbocycles. The zero-order valence-electron chi connectivity index (χ0n) is 16.2. The fraction of sp³-hybridized carbons (Fsp3) is 0.273. The Morgan fingerprint density at radius 2 is 1.90 bits per heavy atom. The highest BCUT2D eigenvalue weighted by molar-refractivity contribution is 7.80. The van der Waals surface area contributed by atoms with Gasteiger partial charge in [-0.1, -0.05) is 11.6 Å². The summed E-state index contributed by atoms with van der Waals surface area (Å²) < 4.78 is 5.18. The average Bonchev–Trinajstić information content (AvgIpc) is 2.74. The highest BCUT2D eigenvalue weighted by atomic mass is 35.5. The molecule has 3 aromatic rings. The van der Waals surface area contributed by atoms with Crippen molar-refractivity contribution in [1.29, 1.82) is 0 Å². The lowest BCUT2D eigenvalue weighted by molar-refractivity contribution is 0.415. The van der Waals surface area contributed by atoms with Gasteiger partial charge in [0.05, 0.1) is 12.6 Å². The van der Waals surface area contributed by atoms with Crippen LogP contribution < -0.4 is 20.3 Å². The number of ether oxygens (including phenoxy) is 1. The maximum Gasteiger partial charge on any atom is 0.170 e. The lowest BCUT2D eigenvalue weighted by atomic mass is 10.0. The summed E-state index contributed by atoms with van der Waals surface area (Å²) in [7, 11) is 1.66. The molecule has 1 aromatic heterocycles. The van der Waals surface area contributed by atoms with Crippen LogP contribution in [0.1, 0.15) is 12.8 Å². The number of benzene rings is 2. The molecule has 0 bridgehead atoms. The molecule has 0 spiro atoms. The minimum Gasteiger partial charge on any atom is -0.497 e. The Morgan fingerprint density at radius 1 is 1.14 bits per heavy atom. The van der Waals surface area contributed by atoms with Crippen molar-refractivity contribution in [3.8, 4) is 5.75 Å². The van der Waals surface area contributed by atoms with Crippen LogP contribution in [-0.4, -0.2) is 36.3 Å². The van der Waals surface area contributed by atoms with E-state index in [1.54, 1.807) is 7.11 Å². The van der Waals surface area contributed by atoms with Gasteiger partial charge in [-0.3, -0.25) is 4.98 Å². The topological polar surface area (TPSA) is 49.4 Å².